The third kappa shape index (κ3) is 5.16. The fourth-order valence-corrected chi connectivity index (χ4v) is 3.73. The van der Waals surface area contributed by atoms with E-state index >= 15 is 0 Å². The molecule has 170 valence electrons. The summed E-state index contributed by atoms with van der Waals surface area (Å²) in [6.07, 6.45) is 3.49. The zero-order valence-electron chi connectivity index (χ0n) is 19.0. The first-order valence-corrected chi connectivity index (χ1v) is 10.9. The lowest BCUT2D eigenvalue weighted by molar-refractivity contribution is -0.112. The Balaban J connectivity index is 1.56. The van der Waals surface area contributed by atoms with Gasteiger partial charge in [-0.1, -0.05) is 30.3 Å². The lowest BCUT2D eigenvalue weighted by Gasteiger charge is -2.11. The van der Waals surface area contributed by atoms with Gasteiger partial charge in [-0.2, -0.15) is 5.26 Å². The van der Waals surface area contributed by atoms with Gasteiger partial charge in [0.05, 0.1) is 6.54 Å². The molecule has 5 nitrogen and oxygen atoms in total. The van der Waals surface area contributed by atoms with Crippen molar-refractivity contribution in [2.45, 2.75) is 20.4 Å². The highest BCUT2D eigenvalue weighted by Crippen LogP contribution is 2.25. The standard InChI is InChI=1S/C28H24FN3O2/c1-19-7-8-20(2)27(15-19)34-14-13-32-18-22(25-5-3-4-6-26(25)32)16-21(17-30)28(33)31-24-11-9-23(29)10-12-24/h3-12,15-16,18H,13-14H2,1-2H3,(H,31,33)/b21-16-. The summed E-state index contributed by atoms with van der Waals surface area (Å²) in [6.45, 7) is 5.13. The molecule has 0 radical (unpaired) electrons. The minimum Gasteiger partial charge on any atom is -0.491 e. The largest absolute Gasteiger partial charge is 0.491 e. The first-order chi connectivity index (χ1) is 16.4. The quantitative estimate of drug-likeness (QED) is 0.275. The normalized spacial score (nSPS) is 11.3. The van der Waals surface area contributed by atoms with Crippen LogP contribution in [0.25, 0.3) is 17.0 Å². The summed E-state index contributed by atoms with van der Waals surface area (Å²) in [5.41, 5.74) is 4.33. The number of hydrogen-bond acceptors (Lipinski definition) is 3. The van der Waals surface area contributed by atoms with E-state index in [1.54, 1.807) is 6.08 Å². The average molecular weight is 454 g/mol. The summed E-state index contributed by atoms with van der Waals surface area (Å²) in [5.74, 6) is -0.0894. The molecule has 6 heteroatoms. The lowest BCUT2D eigenvalue weighted by atomic mass is 10.1. The number of ether oxygens (including phenoxy) is 1. The van der Waals surface area contributed by atoms with Gasteiger partial charge in [0.25, 0.3) is 5.91 Å². The van der Waals surface area contributed by atoms with E-state index in [0.29, 0.717) is 18.8 Å². The maximum absolute atomic E-state index is 13.1. The highest BCUT2D eigenvalue weighted by atomic mass is 19.1. The Bertz CT molecular complexity index is 1410. The number of carbonyl (C=O) groups is 1. The molecule has 0 atom stereocenters. The van der Waals surface area contributed by atoms with Crippen molar-refractivity contribution in [3.63, 3.8) is 0 Å². The predicted octanol–water partition coefficient (Wildman–Crippen LogP) is 6.02. The lowest BCUT2D eigenvalue weighted by Crippen LogP contribution is -2.13. The number of nitrogens with one attached hydrogen (secondary N) is 1. The molecule has 0 fully saturated rings. The van der Waals surface area contributed by atoms with Crippen molar-refractivity contribution in [1.29, 1.82) is 5.26 Å². The first kappa shape index (κ1) is 22.8. The summed E-state index contributed by atoms with van der Waals surface area (Å²) >= 11 is 0. The van der Waals surface area contributed by atoms with Crippen molar-refractivity contribution >= 4 is 28.6 Å². The van der Waals surface area contributed by atoms with Gasteiger partial charge in [0.2, 0.25) is 0 Å². The zero-order chi connectivity index (χ0) is 24.1. The van der Waals surface area contributed by atoms with E-state index < -0.39 is 11.7 Å². The van der Waals surface area contributed by atoms with Gasteiger partial charge in [-0.25, -0.2) is 4.39 Å². The molecule has 4 rings (SSSR count). The van der Waals surface area contributed by atoms with E-state index in [1.165, 1.54) is 24.3 Å². The Morgan fingerprint density at radius 1 is 1.12 bits per heavy atom. The predicted molar refractivity (Wildman–Crippen MR) is 132 cm³/mol. The minimum absolute atomic E-state index is 0.0427. The number of rotatable bonds is 7. The molecule has 4 aromatic rings. The monoisotopic (exact) mass is 453 g/mol. The second kappa shape index (κ2) is 10.1. The number of aromatic nitrogens is 1. The van der Waals surface area contributed by atoms with Crippen LogP contribution >= 0.6 is 0 Å². The topological polar surface area (TPSA) is 67.0 Å². The van der Waals surface area contributed by atoms with Crippen LogP contribution in [0.2, 0.25) is 0 Å². The number of hydrogen-bond donors (Lipinski definition) is 1. The van der Waals surface area contributed by atoms with Crippen molar-refractivity contribution in [3.8, 4) is 11.8 Å². The van der Waals surface area contributed by atoms with Crippen LogP contribution < -0.4 is 10.1 Å². The summed E-state index contributed by atoms with van der Waals surface area (Å²) in [6, 6.07) is 21.3. The first-order valence-electron chi connectivity index (χ1n) is 10.9. The molecule has 3 aromatic carbocycles. The maximum Gasteiger partial charge on any atom is 0.266 e. The molecule has 34 heavy (non-hydrogen) atoms. The smallest absolute Gasteiger partial charge is 0.266 e. The summed E-state index contributed by atoms with van der Waals surface area (Å²) in [5, 5.41) is 13.2. The molecule has 0 aliphatic heterocycles. The number of benzene rings is 3. The number of halogens is 1. The van der Waals surface area contributed by atoms with E-state index in [2.05, 4.69) is 16.0 Å². The van der Waals surface area contributed by atoms with Crippen LogP contribution in [0.15, 0.2) is 78.5 Å². The fourth-order valence-electron chi connectivity index (χ4n) is 3.73. The van der Waals surface area contributed by atoms with Crippen LogP contribution in [0.5, 0.6) is 5.75 Å². The average Bonchev–Trinajstić information content (AvgIpc) is 3.18. The number of fused-ring (bicyclic) bond motifs is 1. The molecule has 1 N–H and O–H groups in total. The van der Waals surface area contributed by atoms with Crippen molar-refractivity contribution in [1.82, 2.24) is 4.57 Å². The molecule has 1 heterocycles. The second-order valence-electron chi connectivity index (χ2n) is 8.04. The maximum atomic E-state index is 13.1. The van der Waals surface area contributed by atoms with Crippen LogP contribution in [-0.4, -0.2) is 17.1 Å². The Kier molecular flexibility index (Phi) is 6.74. The van der Waals surface area contributed by atoms with Crippen LogP contribution in [0.1, 0.15) is 16.7 Å². The number of para-hydroxylation sites is 1. The van der Waals surface area contributed by atoms with Crippen molar-refractivity contribution in [3.05, 3.63) is 101 Å². The van der Waals surface area contributed by atoms with Gasteiger partial charge in [0.15, 0.2) is 0 Å². The van der Waals surface area contributed by atoms with Gasteiger partial charge in [-0.3, -0.25) is 4.79 Å². The molecular weight excluding hydrogens is 429 g/mol. The number of anilines is 1. The van der Waals surface area contributed by atoms with E-state index in [0.717, 1.165) is 33.3 Å². The molecular formula is C28H24FN3O2. The third-order valence-corrected chi connectivity index (χ3v) is 5.52. The Morgan fingerprint density at radius 2 is 1.88 bits per heavy atom. The van der Waals surface area contributed by atoms with Gasteiger partial charge in [0.1, 0.15) is 29.8 Å². The highest BCUT2D eigenvalue weighted by molar-refractivity contribution is 6.10. The SMILES string of the molecule is Cc1ccc(C)c(OCCn2cc(/C=C(/C#N)C(=O)Nc3ccc(F)cc3)c3ccccc32)c1. The Labute approximate surface area is 197 Å². The van der Waals surface area contributed by atoms with Crippen molar-refractivity contribution in [2.75, 3.05) is 11.9 Å². The number of aryl methyl sites for hydroxylation is 2. The molecule has 0 spiro atoms. The molecule has 0 unspecified atom stereocenters. The van der Waals surface area contributed by atoms with E-state index in [-0.39, 0.29) is 5.57 Å². The Hall–Kier alpha value is -4.37. The van der Waals surface area contributed by atoms with Crippen molar-refractivity contribution in [2.24, 2.45) is 0 Å². The summed E-state index contributed by atoms with van der Waals surface area (Å²) < 4.78 is 21.2. The minimum atomic E-state index is -0.552. The molecule has 0 aliphatic carbocycles. The van der Waals surface area contributed by atoms with E-state index in [1.807, 2.05) is 62.5 Å². The van der Waals surface area contributed by atoms with E-state index in [4.69, 9.17) is 4.74 Å². The Morgan fingerprint density at radius 3 is 2.65 bits per heavy atom. The van der Waals surface area contributed by atoms with Gasteiger partial charge < -0.3 is 14.6 Å². The molecule has 1 amide bonds. The highest BCUT2D eigenvalue weighted by Gasteiger charge is 2.13. The number of amides is 1. The molecule has 0 saturated heterocycles. The second-order valence-corrected chi connectivity index (χ2v) is 8.04. The zero-order valence-corrected chi connectivity index (χ0v) is 19.0. The number of nitriles is 1. The van der Waals surface area contributed by atoms with Crippen molar-refractivity contribution < 1.29 is 13.9 Å². The van der Waals surface area contributed by atoms with Gasteiger partial charge in [0, 0.05) is 28.4 Å². The van der Waals surface area contributed by atoms with Crippen LogP contribution in [-0.2, 0) is 11.3 Å². The fraction of sp³-hybridized carbons (Fsp3) is 0.143. The van der Waals surface area contributed by atoms with Gasteiger partial charge in [-0.15, -0.1) is 0 Å². The summed E-state index contributed by atoms with van der Waals surface area (Å²) in [7, 11) is 0. The molecule has 0 bridgehead atoms. The van der Waals surface area contributed by atoms with Crippen LogP contribution in [0.4, 0.5) is 10.1 Å². The molecule has 0 saturated carbocycles. The van der Waals surface area contributed by atoms with Gasteiger partial charge in [-0.05, 0) is 67.4 Å². The number of carbonyl (C=O) groups excluding carboxylic acids is 1. The van der Waals surface area contributed by atoms with Crippen LogP contribution in [0.3, 0.4) is 0 Å². The molecule has 1 aromatic heterocycles. The summed E-state index contributed by atoms with van der Waals surface area (Å²) in [4.78, 5) is 12.6. The third-order valence-electron chi connectivity index (χ3n) is 5.52. The molecule has 0 aliphatic rings. The van der Waals surface area contributed by atoms with E-state index in [9.17, 15) is 14.4 Å². The van der Waals surface area contributed by atoms with Crippen LogP contribution in [0, 0.1) is 31.0 Å². The number of nitrogens with zero attached hydrogens (tertiary/aromatic N) is 2. The van der Waals surface area contributed by atoms with Gasteiger partial charge >= 0.3 is 0 Å².